The van der Waals surface area contributed by atoms with E-state index >= 15 is 0 Å². The van der Waals surface area contributed by atoms with Gasteiger partial charge in [0.25, 0.3) is 0 Å². The Morgan fingerprint density at radius 3 is 1.88 bits per heavy atom. The summed E-state index contributed by atoms with van der Waals surface area (Å²) in [5.74, 6) is 0. The summed E-state index contributed by atoms with van der Waals surface area (Å²) in [6.07, 6.45) is 16.6. The second-order valence-corrected chi connectivity index (χ2v) is 30.5. The Balaban J connectivity index is 2.92. The van der Waals surface area contributed by atoms with E-state index in [4.69, 9.17) is 4.74 Å². The van der Waals surface area contributed by atoms with Crippen molar-refractivity contribution in [2.75, 3.05) is 6.61 Å². The second-order valence-electron chi connectivity index (χ2n) is 11.1. The predicted octanol–water partition coefficient (Wildman–Crippen LogP) is 9.68. The Hall–Kier alpha value is -0.0644. The van der Waals surface area contributed by atoms with Crippen LogP contribution in [0.15, 0.2) is 42.5 Å². The molecule has 0 bridgehead atoms. The van der Waals surface area contributed by atoms with Gasteiger partial charge in [-0.05, 0) is 0 Å². The van der Waals surface area contributed by atoms with Gasteiger partial charge in [0.2, 0.25) is 0 Å². The van der Waals surface area contributed by atoms with Crippen molar-refractivity contribution in [2.45, 2.75) is 122 Å². The van der Waals surface area contributed by atoms with Crippen LogP contribution in [0.25, 0.3) is 0 Å². The van der Waals surface area contributed by atoms with Crippen molar-refractivity contribution in [3.05, 3.63) is 48.0 Å². The number of hydrogen-bond donors (Lipinski definition) is 0. The van der Waals surface area contributed by atoms with Crippen molar-refractivity contribution in [1.82, 2.24) is 0 Å². The van der Waals surface area contributed by atoms with Gasteiger partial charge in [-0.25, -0.2) is 0 Å². The molecule has 0 saturated carbocycles. The molecule has 184 valence electrons. The van der Waals surface area contributed by atoms with Crippen LogP contribution in [0, 0.1) is 0 Å². The summed E-state index contributed by atoms with van der Waals surface area (Å²) in [6, 6.07) is 12.5. The quantitative estimate of drug-likeness (QED) is 0.0922. The molecule has 0 amide bonds. The molecule has 32 heavy (non-hydrogen) atoms. The van der Waals surface area contributed by atoms with Gasteiger partial charge in [0.1, 0.15) is 0 Å². The van der Waals surface area contributed by atoms with Gasteiger partial charge in [0.15, 0.2) is 0 Å². The molecule has 0 aliphatic rings. The zero-order chi connectivity index (χ0) is 23.7. The van der Waals surface area contributed by atoms with E-state index in [1.165, 1.54) is 76.3 Å². The van der Waals surface area contributed by atoms with Crippen LogP contribution in [-0.4, -0.2) is 37.2 Å². The molecule has 0 fully saturated rings. The SMILES string of the molecule is CCC[CH2][Sn]([CH2]CCC)([CH2]CCC)[CH](Cc1ccccc1)OCCC/C=C/C[Si](C)(C)C. The molecule has 0 aromatic heterocycles. The zero-order valence-corrected chi connectivity index (χ0v) is 26.3. The molecule has 1 nitrogen and oxygen atoms in total. The van der Waals surface area contributed by atoms with Crippen molar-refractivity contribution in [3.8, 4) is 0 Å². The maximum absolute atomic E-state index is 6.92. The van der Waals surface area contributed by atoms with Crippen molar-refractivity contribution in [1.29, 1.82) is 0 Å². The topological polar surface area (TPSA) is 9.23 Å². The molecule has 1 aromatic carbocycles. The standard InChI is InChI=1S/C17H27OSi.3C4H9.Sn/c1-19(2,3)16-10-5-4-9-14-18-15-13-17-11-7-6-8-12-17;3*1-3-4-2;/h5-8,10-12,15H,4,9,13-14,16H2,1-3H3;3*1,3-4H2,2H3;/b10-5+;;;;. The van der Waals surface area contributed by atoms with E-state index in [0.717, 1.165) is 13.0 Å². The molecular formula is C29H54OSiSn. The van der Waals surface area contributed by atoms with E-state index < -0.39 is 26.5 Å². The van der Waals surface area contributed by atoms with Crippen LogP contribution >= 0.6 is 0 Å². The molecular weight excluding hydrogens is 511 g/mol. The molecule has 0 spiro atoms. The Kier molecular flexibility index (Phi) is 16.3. The number of hydrogen-bond acceptors (Lipinski definition) is 1. The molecule has 0 aliphatic heterocycles. The van der Waals surface area contributed by atoms with E-state index in [1.54, 1.807) is 0 Å². The molecule has 0 N–H and O–H groups in total. The van der Waals surface area contributed by atoms with Crippen LogP contribution in [0.2, 0.25) is 39.0 Å². The first kappa shape index (κ1) is 30.0. The molecule has 0 radical (unpaired) electrons. The number of benzene rings is 1. The third-order valence-electron chi connectivity index (χ3n) is 6.76. The van der Waals surface area contributed by atoms with Crippen molar-refractivity contribution in [3.63, 3.8) is 0 Å². The van der Waals surface area contributed by atoms with E-state index in [2.05, 4.69) is 82.9 Å². The Morgan fingerprint density at radius 1 is 0.812 bits per heavy atom. The molecule has 1 atom stereocenters. The van der Waals surface area contributed by atoms with Gasteiger partial charge < -0.3 is 0 Å². The average Bonchev–Trinajstić information content (AvgIpc) is 2.77. The summed E-state index contributed by atoms with van der Waals surface area (Å²) >= 11 is -2.44. The first-order valence-corrected chi connectivity index (χ1v) is 25.1. The summed E-state index contributed by atoms with van der Waals surface area (Å²) in [5.41, 5.74) is 1.48. The predicted molar refractivity (Wildman–Crippen MR) is 151 cm³/mol. The molecule has 1 unspecified atom stereocenters. The molecule has 0 aliphatic carbocycles. The summed E-state index contributed by atoms with van der Waals surface area (Å²) < 4.78 is 12.0. The third kappa shape index (κ3) is 13.0. The van der Waals surface area contributed by atoms with Gasteiger partial charge in [0.05, 0.1) is 0 Å². The van der Waals surface area contributed by atoms with Crippen molar-refractivity contribution >= 4 is 26.5 Å². The van der Waals surface area contributed by atoms with Gasteiger partial charge in [0, 0.05) is 0 Å². The number of ether oxygens (including phenoxy) is 1. The van der Waals surface area contributed by atoms with Gasteiger partial charge in [-0.15, -0.1) is 0 Å². The Labute approximate surface area is 206 Å². The normalized spacial score (nSPS) is 13.7. The molecule has 3 heteroatoms. The van der Waals surface area contributed by atoms with E-state index in [1.807, 2.05) is 0 Å². The summed E-state index contributed by atoms with van der Waals surface area (Å²) in [6.45, 7) is 15.4. The fourth-order valence-electron chi connectivity index (χ4n) is 4.71. The number of allylic oxidation sites excluding steroid dienone is 2. The fourth-order valence-corrected chi connectivity index (χ4v) is 22.8. The summed E-state index contributed by atoms with van der Waals surface area (Å²) in [5, 5.41) is 0. The first-order chi connectivity index (χ1) is 15.4. The van der Waals surface area contributed by atoms with Gasteiger partial charge in [-0.1, -0.05) is 0 Å². The van der Waals surface area contributed by atoms with Gasteiger partial charge >= 0.3 is 208 Å². The van der Waals surface area contributed by atoms with Crippen molar-refractivity contribution < 1.29 is 4.74 Å². The summed E-state index contributed by atoms with van der Waals surface area (Å²) in [7, 11) is -0.960. The van der Waals surface area contributed by atoms with Crippen LogP contribution in [0.1, 0.15) is 77.7 Å². The molecule has 0 saturated heterocycles. The number of rotatable bonds is 19. The van der Waals surface area contributed by atoms with E-state index in [9.17, 15) is 0 Å². The summed E-state index contributed by atoms with van der Waals surface area (Å²) in [4.78, 5) is 0. The second kappa shape index (κ2) is 17.4. The van der Waals surface area contributed by atoms with Crippen LogP contribution in [0.3, 0.4) is 0 Å². The molecule has 1 aromatic rings. The molecule has 0 heterocycles. The maximum atomic E-state index is 6.92. The minimum absolute atomic E-state index is 0.544. The monoisotopic (exact) mass is 566 g/mol. The van der Waals surface area contributed by atoms with Gasteiger partial charge in [-0.3, -0.25) is 0 Å². The first-order valence-electron chi connectivity index (χ1n) is 13.7. The number of unbranched alkanes of at least 4 members (excludes halogenated alkanes) is 4. The van der Waals surface area contributed by atoms with Crippen LogP contribution < -0.4 is 0 Å². The minimum atomic E-state index is -2.44. The van der Waals surface area contributed by atoms with Crippen molar-refractivity contribution in [2.24, 2.45) is 0 Å². The molecule has 1 rings (SSSR count). The Morgan fingerprint density at radius 2 is 1.38 bits per heavy atom. The zero-order valence-electron chi connectivity index (χ0n) is 22.4. The average molecular weight is 566 g/mol. The Bertz CT molecular complexity index is 571. The van der Waals surface area contributed by atoms with E-state index in [-0.39, 0.29) is 0 Å². The third-order valence-corrected chi connectivity index (χ3v) is 24.7. The van der Waals surface area contributed by atoms with Crippen LogP contribution in [0.4, 0.5) is 0 Å². The fraction of sp³-hybridized carbons (Fsp3) is 0.724. The van der Waals surface area contributed by atoms with E-state index in [0.29, 0.717) is 4.12 Å². The van der Waals surface area contributed by atoms with Crippen LogP contribution in [0.5, 0.6) is 0 Å². The van der Waals surface area contributed by atoms with Gasteiger partial charge in [-0.2, -0.15) is 0 Å². The van der Waals surface area contributed by atoms with Crippen LogP contribution in [-0.2, 0) is 11.2 Å².